The average molecular weight is 384 g/mol. The first kappa shape index (κ1) is 18.8. The van der Waals surface area contributed by atoms with Crippen LogP contribution in [0.4, 0.5) is 13.2 Å². The number of H-pyrrole nitrogens is 1. The van der Waals surface area contributed by atoms with Gasteiger partial charge in [-0.25, -0.2) is 0 Å². The molecule has 0 spiro atoms. The molecule has 4 rings (SSSR count). The number of aromatic nitrogens is 1. The zero-order chi connectivity index (χ0) is 19.7. The van der Waals surface area contributed by atoms with Crippen molar-refractivity contribution >= 4 is 16.5 Å². The van der Waals surface area contributed by atoms with Crippen LogP contribution in [0.3, 0.4) is 0 Å². The topological polar surface area (TPSA) is 19.0 Å². The van der Waals surface area contributed by atoms with E-state index in [-0.39, 0.29) is 0 Å². The summed E-state index contributed by atoms with van der Waals surface area (Å²) in [5, 5.41) is 1.17. The van der Waals surface area contributed by atoms with Crippen LogP contribution in [0.1, 0.15) is 36.5 Å². The summed E-state index contributed by atoms with van der Waals surface area (Å²) in [6, 6.07) is 14.3. The van der Waals surface area contributed by atoms with Crippen molar-refractivity contribution in [3.8, 4) is 0 Å². The molecule has 0 radical (unpaired) electrons. The maximum absolute atomic E-state index is 13.3. The highest BCUT2D eigenvalue weighted by Crippen LogP contribution is 2.33. The Bertz CT molecular complexity index is 1010. The van der Waals surface area contributed by atoms with Gasteiger partial charge in [0.2, 0.25) is 0 Å². The number of allylic oxidation sites excluding steroid dienone is 1. The van der Waals surface area contributed by atoms with Crippen molar-refractivity contribution in [2.24, 2.45) is 0 Å². The summed E-state index contributed by atoms with van der Waals surface area (Å²) in [7, 11) is 0. The second-order valence-corrected chi connectivity index (χ2v) is 7.48. The fourth-order valence-corrected chi connectivity index (χ4v) is 4.05. The number of nitrogens with one attached hydrogen (secondary N) is 1. The smallest absolute Gasteiger partial charge is 0.361 e. The summed E-state index contributed by atoms with van der Waals surface area (Å²) >= 11 is 0. The van der Waals surface area contributed by atoms with Gasteiger partial charge in [0.05, 0.1) is 5.56 Å². The van der Waals surface area contributed by atoms with Crippen LogP contribution in [0.5, 0.6) is 0 Å². The zero-order valence-corrected chi connectivity index (χ0v) is 15.8. The first-order valence-electron chi connectivity index (χ1n) is 9.55. The maximum atomic E-state index is 13.3. The van der Waals surface area contributed by atoms with Crippen molar-refractivity contribution in [3.63, 3.8) is 0 Å². The third kappa shape index (κ3) is 3.85. The molecule has 2 heterocycles. The van der Waals surface area contributed by atoms with Crippen molar-refractivity contribution in [2.45, 2.75) is 32.5 Å². The Morgan fingerprint density at radius 1 is 1.11 bits per heavy atom. The minimum absolute atomic E-state index is 0.323. The molecule has 1 saturated heterocycles. The second kappa shape index (κ2) is 7.47. The monoisotopic (exact) mass is 384 g/mol. The van der Waals surface area contributed by atoms with E-state index in [2.05, 4.69) is 41.1 Å². The van der Waals surface area contributed by atoms with E-state index in [0.717, 1.165) is 24.9 Å². The number of aromatic amines is 1. The third-order valence-electron chi connectivity index (χ3n) is 5.60. The van der Waals surface area contributed by atoms with Crippen LogP contribution >= 0.6 is 0 Å². The van der Waals surface area contributed by atoms with E-state index >= 15 is 0 Å². The number of rotatable bonds is 3. The zero-order valence-electron chi connectivity index (χ0n) is 15.8. The summed E-state index contributed by atoms with van der Waals surface area (Å²) in [5.41, 5.74) is 4.65. The van der Waals surface area contributed by atoms with E-state index in [4.69, 9.17) is 0 Å². The Morgan fingerprint density at radius 3 is 2.75 bits per heavy atom. The summed E-state index contributed by atoms with van der Waals surface area (Å²) in [5.74, 6) is 0. The average Bonchev–Trinajstić information content (AvgIpc) is 3.15. The Balaban J connectivity index is 1.57. The Morgan fingerprint density at radius 2 is 1.93 bits per heavy atom. The van der Waals surface area contributed by atoms with Gasteiger partial charge < -0.3 is 4.98 Å². The molecule has 1 N–H and O–H groups in total. The standard InChI is InChI=1S/C23H23F3N2/c1-16(17-8-9-22-18(13-17)10-11-27-22)19-6-4-12-28(14-19)15-20-5-2-3-7-21(20)23(24,25)26/h2-3,5,7-11,13,27H,4,6,12,14-15H2,1H3/b19-16-. The summed E-state index contributed by atoms with van der Waals surface area (Å²) < 4.78 is 39.9. The molecule has 2 aromatic carbocycles. The van der Waals surface area contributed by atoms with E-state index in [1.54, 1.807) is 12.1 Å². The lowest BCUT2D eigenvalue weighted by Crippen LogP contribution is -2.32. The van der Waals surface area contributed by atoms with Crippen molar-refractivity contribution in [1.29, 1.82) is 0 Å². The van der Waals surface area contributed by atoms with Gasteiger partial charge in [0.25, 0.3) is 0 Å². The first-order chi connectivity index (χ1) is 13.4. The van der Waals surface area contributed by atoms with Crippen LogP contribution in [0.25, 0.3) is 16.5 Å². The molecule has 1 fully saturated rings. The van der Waals surface area contributed by atoms with Gasteiger partial charge in [-0.3, -0.25) is 4.90 Å². The molecular weight excluding hydrogens is 361 g/mol. The molecule has 146 valence electrons. The molecule has 0 unspecified atom stereocenters. The van der Waals surface area contributed by atoms with Crippen molar-refractivity contribution in [1.82, 2.24) is 9.88 Å². The molecule has 0 bridgehead atoms. The molecule has 2 nitrogen and oxygen atoms in total. The van der Waals surface area contributed by atoms with Crippen LogP contribution in [0.15, 0.2) is 60.3 Å². The van der Waals surface area contributed by atoms with Gasteiger partial charge in [-0.05, 0) is 72.7 Å². The lowest BCUT2D eigenvalue weighted by molar-refractivity contribution is -0.138. The third-order valence-corrected chi connectivity index (χ3v) is 5.60. The lowest BCUT2D eigenvalue weighted by Gasteiger charge is -2.31. The van der Waals surface area contributed by atoms with Crippen LogP contribution in [0, 0.1) is 0 Å². The number of hydrogen-bond donors (Lipinski definition) is 1. The van der Waals surface area contributed by atoms with Crippen molar-refractivity contribution in [2.75, 3.05) is 13.1 Å². The predicted octanol–water partition coefficient (Wildman–Crippen LogP) is 6.26. The molecule has 1 aliphatic heterocycles. The van der Waals surface area contributed by atoms with Gasteiger partial charge in [0.1, 0.15) is 0 Å². The normalized spacial score (nSPS) is 17.9. The molecule has 1 aromatic heterocycles. The molecule has 1 aliphatic rings. The van der Waals surface area contributed by atoms with Gasteiger partial charge in [0.15, 0.2) is 0 Å². The number of benzene rings is 2. The van der Waals surface area contributed by atoms with Crippen molar-refractivity contribution < 1.29 is 13.2 Å². The molecule has 5 heteroatoms. The fourth-order valence-electron chi connectivity index (χ4n) is 4.05. The van der Waals surface area contributed by atoms with E-state index in [1.165, 1.54) is 34.2 Å². The van der Waals surface area contributed by atoms with Crippen molar-refractivity contribution in [3.05, 3.63) is 77.0 Å². The predicted molar refractivity (Wildman–Crippen MR) is 107 cm³/mol. The summed E-state index contributed by atoms with van der Waals surface area (Å²) in [6.07, 6.45) is -0.425. The highest BCUT2D eigenvalue weighted by molar-refractivity contribution is 5.84. The lowest BCUT2D eigenvalue weighted by atomic mass is 9.94. The second-order valence-electron chi connectivity index (χ2n) is 7.48. The van der Waals surface area contributed by atoms with Crippen LogP contribution < -0.4 is 0 Å². The number of alkyl halides is 3. The van der Waals surface area contributed by atoms with E-state index < -0.39 is 11.7 Å². The molecule has 0 atom stereocenters. The molecule has 28 heavy (non-hydrogen) atoms. The van der Waals surface area contributed by atoms with E-state index in [0.29, 0.717) is 18.7 Å². The Hall–Kier alpha value is -2.53. The number of likely N-dealkylation sites (tertiary alicyclic amines) is 1. The molecule has 0 saturated carbocycles. The number of halogens is 3. The van der Waals surface area contributed by atoms with Gasteiger partial charge in [-0.1, -0.05) is 29.8 Å². The maximum Gasteiger partial charge on any atom is 0.416 e. The van der Waals surface area contributed by atoms with Gasteiger partial charge in [-0.15, -0.1) is 0 Å². The number of fused-ring (bicyclic) bond motifs is 1. The highest BCUT2D eigenvalue weighted by atomic mass is 19.4. The quantitative estimate of drug-likeness (QED) is 0.565. The summed E-state index contributed by atoms with van der Waals surface area (Å²) in [6.45, 7) is 3.97. The molecule has 0 amide bonds. The molecule has 3 aromatic rings. The first-order valence-corrected chi connectivity index (χ1v) is 9.55. The van der Waals surface area contributed by atoms with Crippen LogP contribution in [-0.2, 0) is 12.7 Å². The molecular formula is C23H23F3N2. The highest BCUT2D eigenvalue weighted by Gasteiger charge is 2.33. The molecule has 0 aliphatic carbocycles. The van der Waals surface area contributed by atoms with E-state index in [9.17, 15) is 13.2 Å². The van der Waals surface area contributed by atoms with Gasteiger partial charge >= 0.3 is 6.18 Å². The minimum atomic E-state index is -4.31. The SMILES string of the molecule is C/C(=C1\CCCN(Cc2ccccc2C(F)(F)F)C1)c1ccc2[nH]ccc2c1. The Labute approximate surface area is 162 Å². The van der Waals surface area contributed by atoms with Gasteiger partial charge in [-0.2, -0.15) is 13.2 Å². The van der Waals surface area contributed by atoms with Gasteiger partial charge in [0, 0.05) is 24.8 Å². The number of nitrogens with zero attached hydrogens (tertiary/aromatic N) is 1. The number of piperidine rings is 1. The number of hydrogen-bond acceptors (Lipinski definition) is 1. The largest absolute Gasteiger partial charge is 0.416 e. The van der Waals surface area contributed by atoms with Crippen LogP contribution in [0.2, 0.25) is 0 Å². The summed E-state index contributed by atoms with van der Waals surface area (Å²) in [4.78, 5) is 5.33. The Kier molecular flexibility index (Phi) is 5.02. The van der Waals surface area contributed by atoms with E-state index in [1.807, 2.05) is 6.20 Å². The fraction of sp³-hybridized carbons (Fsp3) is 0.304. The van der Waals surface area contributed by atoms with Crippen LogP contribution in [-0.4, -0.2) is 23.0 Å². The minimum Gasteiger partial charge on any atom is -0.361 e.